The molecule has 2 fully saturated rings. The van der Waals surface area contributed by atoms with Gasteiger partial charge in [0, 0.05) is 43.0 Å². The first kappa shape index (κ1) is 29.6. The molecule has 224 valence electrons. The molecule has 0 unspecified atom stereocenters. The zero-order chi connectivity index (χ0) is 29.9. The van der Waals surface area contributed by atoms with Gasteiger partial charge in [0.05, 0.1) is 16.1 Å². The summed E-state index contributed by atoms with van der Waals surface area (Å²) in [4.78, 5) is 15.7. The molecule has 0 radical (unpaired) electrons. The Labute approximate surface area is 236 Å². The first-order valence-electron chi connectivity index (χ1n) is 12.9. The van der Waals surface area contributed by atoms with Crippen molar-refractivity contribution in [2.75, 3.05) is 31.1 Å². The van der Waals surface area contributed by atoms with E-state index in [9.17, 15) is 35.2 Å². The molecule has 1 saturated heterocycles. The van der Waals surface area contributed by atoms with E-state index in [0.717, 1.165) is 0 Å². The highest BCUT2D eigenvalue weighted by Gasteiger charge is 2.42. The van der Waals surface area contributed by atoms with Crippen LogP contribution in [0.2, 0.25) is 0 Å². The highest BCUT2D eigenvalue weighted by molar-refractivity contribution is 7.89. The zero-order valence-electron chi connectivity index (χ0n) is 22.4. The van der Waals surface area contributed by atoms with E-state index < -0.39 is 39.7 Å². The Bertz CT molecular complexity index is 1570. The Hall–Kier alpha value is -2.92. The van der Waals surface area contributed by atoms with Crippen molar-refractivity contribution in [1.29, 1.82) is 0 Å². The monoisotopic (exact) mass is 621 g/mol. The largest absolute Gasteiger partial charge is 0.408 e. The summed E-state index contributed by atoms with van der Waals surface area (Å²) >= 11 is 0.469. The van der Waals surface area contributed by atoms with E-state index in [2.05, 4.69) is 20.0 Å². The fraction of sp³-hybridized carbons (Fsp3) is 0.583. The summed E-state index contributed by atoms with van der Waals surface area (Å²) in [6, 6.07) is 2.50. The summed E-state index contributed by atoms with van der Waals surface area (Å²) in [5.74, 6) is -0.305. The van der Waals surface area contributed by atoms with Gasteiger partial charge < -0.3 is 9.80 Å². The lowest BCUT2D eigenvalue weighted by Gasteiger charge is -2.37. The van der Waals surface area contributed by atoms with Crippen LogP contribution in [0, 0.1) is 5.92 Å². The normalized spacial score (nSPS) is 17.7. The molecule has 3 heterocycles. The van der Waals surface area contributed by atoms with Crippen LogP contribution in [-0.2, 0) is 21.4 Å². The number of nitrogens with one attached hydrogen (secondary N) is 1. The molecule has 17 heteroatoms. The van der Waals surface area contributed by atoms with E-state index in [-0.39, 0.29) is 70.2 Å². The summed E-state index contributed by atoms with van der Waals surface area (Å²) in [5, 5.41) is 10.5. The maximum absolute atomic E-state index is 13.7. The molecule has 1 aromatic carbocycles. The molecule has 41 heavy (non-hydrogen) atoms. The number of hydrogen-bond donors (Lipinski definition) is 1. The maximum Gasteiger partial charge on any atom is 0.408 e. The van der Waals surface area contributed by atoms with Crippen LogP contribution >= 0.6 is 11.3 Å². The number of amides is 1. The number of benzene rings is 1. The standard InChI is InChI=1S/C24H28F5N7O3S2/c1-13(2)22(37)35-8-6-34(7-9-35)16-11-14(41(38,39)33-23(3)4-5-23)10-15-17(20-30-31-21(40-20)19(25)26)32-36(18(15)16)12-24(27,28)29/h10-11,13,19,33H,4-9,12H2,1-3H3. The number of anilines is 1. The Kier molecular flexibility index (Phi) is 7.51. The molecule has 0 bridgehead atoms. The lowest BCUT2D eigenvalue weighted by Crippen LogP contribution is -2.50. The van der Waals surface area contributed by atoms with Gasteiger partial charge in [-0.1, -0.05) is 25.2 Å². The molecule has 0 atom stereocenters. The Balaban J connectivity index is 1.69. The number of hydrogen-bond acceptors (Lipinski definition) is 8. The smallest absolute Gasteiger partial charge is 0.366 e. The molecule has 0 spiro atoms. The van der Waals surface area contributed by atoms with Gasteiger partial charge in [-0.15, -0.1) is 10.2 Å². The Morgan fingerprint density at radius 3 is 2.32 bits per heavy atom. The Morgan fingerprint density at radius 1 is 1.12 bits per heavy atom. The molecule has 1 N–H and O–H groups in total. The van der Waals surface area contributed by atoms with Gasteiger partial charge in [-0.3, -0.25) is 9.48 Å². The van der Waals surface area contributed by atoms with Crippen LogP contribution < -0.4 is 9.62 Å². The van der Waals surface area contributed by atoms with Crippen molar-refractivity contribution >= 4 is 43.9 Å². The van der Waals surface area contributed by atoms with Crippen molar-refractivity contribution in [2.45, 2.75) is 63.2 Å². The van der Waals surface area contributed by atoms with Crippen LogP contribution in [0.5, 0.6) is 0 Å². The third-order valence-corrected chi connectivity index (χ3v) is 9.63. The second kappa shape index (κ2) is 10.4. The molecule has 1 amide bonds. The van der Waals surface area contributed by atoms with E-state index in [0.29, 0.717) is 28.9 Å². The summed E-state index contributed by atoms with van der Waals surface area (Å²) in [6.07, 6.45) is -6.39. The average molecular weight is 622 g/mol. The van der Waals surface area contributed by atoms with E-state index in [1.165, 1.54) is 12.1 Å². The van der Waals surface area contributed by atoms with Crippen LogP contribution in [0.25, 0.3) is 21.6 Å². The van der Waals surface area contributed by atoms with Crippen LogP contribution in [-0.4, -0.2) is 77.1 Å². The number of carbonyl (C=O) groups excluding carboxylic acids is 1. The fourth-order valence-corrected chi connectivity index (χ4v) is 6.94. The van der Waals surface area contributed by atoms with Crippen molar-refractivity contribution in [3.8, 4) is 10.7 Å². The number of fused-ring (bicyclic) bond motifs is 1. The summed E-state index contributed by atoms with van der Waals surface area (Å²) in [7, 11) is -4.13. The third kappa shape index (κ3) is 6.16. The van der Waals surface area contributed by atoms with Crippen molar-refractivity contribution in [3.63, 3.8) is 0 Å². The average Bonchev–Trinajstić information content (AvgIpc) is 3.26. The van der Waals surface area contributed by atoms with E-state index >= 15 is 0 Å². The summed E-state index contributed by atoms with van der Waals surface area (Å²) in [6.45, 7) is 4.78. The van der Waals surface area contributed by atoms with Crippen molar-refractivity contribution in [3.05, 3.63) is 17.1 Å². The lowest BCUT2D eigenvalue weighted by atomic mass is 10.1. The third-order valence-electron chi connectivity index (χ3n) is 7.07. The molecule has 5 rings (SSSR count). The van der Waals surface area contributed by atoms with Crippen LogP contribution in [0.1, 0.15) is 45.0 Å². The van der Waals surface area contributed by atoms with Gasteiger partial charge in [0.2, 0.25) is 15.9 Å². The second-order valence-electron chi connectivity index (χ2n) is 10.8. The van der Waals surface area contributed by atoms with E-state index in [1.807, 2.05) is 0 Å². The van der Waals surface area contributed by atoms with Gasteiger partial charge >= 0.3 is 6.18 Å². The topological polar surface area (TPSA) is 113 Å². The molecule has 10 nitrogen and oxygen atoms in total. The molecule has 1 aliphatic heterocycles. The maximum atomic E-state index is 13.7. The molecule has 1 saturated carbocycles. The molecule has 2 aromatic heterocycles. The SMILES string of the molecule is CC(C)C(=O)N1CCN(c2cc(S(=O)(=O)NC3(C)CC3)cc3c(-c4nnc(C(F)F)s4)nn(CC(F)(F)F)c23)CC1. The number of piperazine rings is 1. The van der Waals surface area contributed by atoms with Gasteiger partial charge in [0.1, 0.15) is 12.2 Å². The number of aromatic nitrogens is 4. The highest BCUT2D eigenvalue weighted by Crippen LogP contribution is 2.41. The number of nitrogens with zero attached hydrogens (tertiary/aromatic N) is 6. The van der Waals surface area contributed by atoms with Crippen molar-refractivity contribution in [2.24, 2.45) is 5.92 Å². The Morgan fingerprint density at radius 2 is 1.78 bits per heavy atom. The van der Waals surface area contributed by atoms with Crippen LogP contribution in [0.4, 0.5) is 27.6 Å². The quantitative estimate of drug-likeness (QED) is 0.376. The van der Waals surface area contributed by atoms with Gasteiger partial charge in [-0.2, -0.15) is 18.3 Å². The summed E-state index contributed by atoms with van der Waals surface area (Å²) < 4.78 is 97.9. The van der Waals surface area contributed by atoms with Crippen molar-refractivity contribution < 1.29 is 35.2 Å². The van der Waals surface area contributed by atoms with Gasteiger partial charge in [0.15, 0.2) is 10.0 Å². The number of rotatable bonds is 8. The molecule has 2 aliphatic rings. The van der Waals surface area contributed by atoms with Gasteiger partial charge in [0.25, 0.3) is 6.43 Å². The molecule has 1 aliphatic carbocycles. The first-order valence-corrected chi connectivity index (χ1v) is 15.2. The van der Waals surface area contributed by atoms with Gasteiger partial charge in [-0.25, -0.2) is 21.9 Å². The minimum Gasteiger partial charge on any atom is -0.366 e. The summed E-state index contributed by atoms with van der Waals surface area (Å²) in [5.41, 5.74) is -0.669. The van der Waals surface area contributed by atoms with Gasteiger partial charge in [-0.05, 0) is 31.9 Å². The van der Waals surface area contributed by atoms with Crippen molar-refractivity contribution in [1.82, 2.24) is 29.6 Å². The van der Waals surface area contributed by atoms with E-state index in [1.54, 1.807) is 30.6 Å². The molecular weight excluding hydrogens is 593 g/mol. The number of alkyl halides is 5. The predicted octanol–water partition coefficient (Wildman–Crippen LogP) is 4.19. The lowest BCUT2D eigenvalue weighted by molar-refractivity contribution is -0.141. The number of carbonyl (C=O) groups is 1. The zero-order valence-corrected chi connectivity index (χ0v) is 24.0. The minimum atomic E-state index is -4.70. The molecule has 3 aromatic rings. The van der Waals surface area contributed by atoms with E-state index in [4.69, 9.17) is 0 Å². The molecular formula is C24H28F5N7O3S2. The fourth-order valence-electron chi connectivity index (χ4n) is 4.73. The first-order chi connectivity index (χ1) is 19.1. The number of halogens is 5. The highest BCUT2D eigenvalue weighted by atomic mass is 32.2. The number of sulfonamides is 1. The second-order valence-corrected chi connectivity index (χ2v) is 13.5. The minimum absolute atomic E-state index is 0.00530. The predicted molar refractivity (Wildman–Crippen MR) is 141 cm³/mol. The van der Waals surface area contributed by atoms with Crippen LogP contribution in [0.15, 0.2) is 17.0 Å². The van der Waals surface area contributed by atoms with Crippen LogP contribution in [0.3, 0.4) is 0 Å².